The maximum atomic E-state index is 13.1. The summed E-state index contributed by atoms with van der Waals surface area (Å²) < 4.78 is 0. The van der Waals surface area contributed by atoms with Crippen molar-refractivity contribution in [2.75, 3.05) is 11.9 Å². The lowest BCUT2D eigenvalue weighted by Crippen LogP contribution is -2.45. The van der Waals surface area contributed by atoms with Gasteiger partial charge >= 0.3 is 0 Å². The zero-order valence-electron chi connectivity index (χ0n) is 16.5. The molecule has 0 spiro atoms. The van der Waals surface area contributed by atoms with E-state index in [-0.39, 0.29) is 11.8 Å². The molecule has 1 heterocycles. The second-order valence-electron chi connectivity index (χ2n) is 6.91. The molecule has 5 heteroatoms. The van der Waals surface area contributed by atoms with Gasteiger partial charge in [-0.2, -0.15) is 0 Å². The van der Waals surface area contributed by atoms with Crippen LogP contribution in [0.25, 0.3) is 6.08 Å². The average Bonchev–Trinajstić information content (AvgIpc) is 2.90. The Morgan fingerprint density at radius 2 is 1.57 bits per heavy atom. The highest BCUT2D eigenvalue weighted by atomic mass is 16.2. The number of amides is 2. The number of hydrogen-bond donors (Lipinski definition) is 1. The van der Waals surface area contributed by atoms with Gasteiger partial charge in [-0.15, -0.1) is 0 Å². The third kappa shape index (κ3) is 4.05. The third-order valence-corrected chi connectivity index (χ3v) is 4.90. The molecule has 1 unspecified atom stereocenters. The van der Waals surface area contributed by atoms with E-state index in [4.69, 9.17) is 0 Å². The molecule has 148 valence electrons. The summed E-state index contributed by atoms with van der Waals surface area (Å²) in [6.07, 6.45) is 2.10. The third-order valence-electron chi connectivity index (χ3n) is 4.90. The number of para-hydroxylation sites is 1. The first-order valence-corrected chi connectivity index (χ1v) is 9.67. The molecule has 3 aromatic carbocycles. The molecule has 0 saturated carbocycles. The Bertz CT molecular complexity index is 1120. The first kappa shape index (κ1) is 19.3. The van der Waals surface area contributed by atoms with Gasteiger partial charge in [-0.25, -0.2) is 4.99 Å². The Kier molecular flexibility index (Phi) is 5.52. The van der Waals surface area contributed by atoms with Gasteiger partial charge in [-0.1, -0.05) is 78.9 Å². The number of fused-ring (bicyclic) bond motifs is 1. The number of carbonyl (C=O) groups is 2. The molecule has 3 aromatic rings. The van der Waals surface area contributed by atoms with Crippen molar-refractivity contribution in [3.8, 4) is 0 Å². The Hall–Kier alpha value is -3.99. The van der Waals surface area contributed by atoms with Crippen molar-refractivity contribution in [2.24, 2.45) is 4.99 Å². The fraction of sp³-hybridized carbons (Fsp3) is 0.0800. The first-order valence-electron chi connectivity index (χ1n) is 9.67. The van der Waals surface area contributed by atoms with E-state index in [0.29, 0.717) is 5.71 Å². The molecule has 0 bridgehead atoms. The predicted molar refractivity (Wildman–Crippen MR) is 119 cm³/mol. The standard InChI is InChI=1S/C25H21N3O2/c1-28-21-15-9-8-14-20(21)23(19-12-6-3-7-13-19)27-24(25(28)30)26-22(29)17-16-18-10-4-2-5-11-18/h2-17,24H,1H3,(H,26,29)/b17-16+. The topological polar surface area (TPSA) is 61.8 Å². The van der Waals surface area contributed by atoms with E-state index in [9.17, 15) is 9.59 Å². The lowest BCUT2D eigenvalue weighted by Gasteiger charge is -2.20. The van der Waals surface area contributed by atoms with Crippen molar-refractivity contribution in [1.29, 1.82) is 0 Å². The average molecular weight is 395 g/mol. The number of anilines is 1. The zero-order valence-corrected chi connectivity index (χ0v) is 16.5. The van der Waals surface area contributed by atoms with Gasteiger partial charge in [0.15, 0.2) is 0 Å². The molecule has 1 aliphatic heterocycles. The number of carbonyl (C=O) groups excluding carboxylic acids is 2. The smallest absolute Gasteiger partial charge is 0.272 e. The van der Waals surface area contributed by atoms with E-state index in [1.165, 1.54) is 6.08 Å². The number of hydrogen-bond acceptors (Lipinski definition) is 3. The number of likely N-dealkylation sites (N-methyl/N-ethyl adjacent to an activating group) is 1. The summed E-state index contributed by atoms with van der Waals surface area (Å²) in [5.74, 6) is -0.678. The van der Waals surface area contributed by atoms with E-state index < -0.39 is 6.17 Å². The lowest BCUT2D eigenvalue weighted by molar-refractivity contribution is -0.124. The minimum Gasteiger partial charge on any atom is -0.323 e. The molecule has 1 N–H and O–H groups in total. The molecule has 0 fully saturated rings. The monoisotopic (exact) mass is 395 g/mol. The minimum atomic E-state index is -1.02. The van der Waals surface area contributed by atoms with Gasteiger partial charge < -0.3 is 10.2 Å². The van der Waals surface area contributed by atoms with Gasteiger partial charge in [0.05, 0.1) is 11.4 Å². The fourth-order valence-corrected chi connectivity index (χ4v) is 3.36. The lowest BCUT2D eigenvalue weighted by atomic mass is 10.0. The number of benzodiazepines with no additional fused rings is 1. The molecule has 5 nitrogen and oxygen atoms in total. The SMILES string of the molecule is CN1C(=O)C(NC(=O)/C=C/c2ccccc2)N=C(c2ccccc2)c2ccccc21. The molecule has 1 atom stereocenters. The van der Waals surface area contributed by atoms with E-state index in [1.54, 1.807) is 18.0 Å². The Balaban J connectivity index is 1.68. The van der Waals surface area contributed by atoms with Crippen molar-refractivity contribution in [3.05, 3.63) is 108 Å². The van der Waals surface area contributed by atoms with Crippen molar-refractivity contribution >= 4 is 29.3 Å². The maximum Gasteiger partial charge on any atom is 0.272 e. The number of benzene rings is 3. The van der Waals surface area contributed by atoms with Crippen LogP contribution in [0.15, 0.2) is 96.0 Å². The van der Waals surface area contributed by atoms with Gasteiger partial charge in [0.2, 0.25) is 12.1 Å². The Morgan fingerprint density at radius 3 is 2.30 bits per heavy atom. The van der Waals surface area contributed by atoms with Gasteiger partial charge in [-0.3, -0.25) is 9.59 Å². The predicted octanol–water partition coefficient (Wildman–Crippen LogP) is 3.66. The number of nitrogens with one attached hydrogen (secondary N) is 1. The van der Waals surface area contributed by atoms with Crippen LogP contribution in [0.4, 0.5) is 5.69 Å². The second kappa shape index (κ2) is 8.57. The van der Waals surface area contributed by atoms with Crippen molar-refractivity contribution < 1.29 is 9.59 Å². The van der Waals surface area contributed by atoms with Crippen LogP contribution in [-0.4, -0.2) is 30.7 Å². The van der Waals surface area contributed by atoms with Crippen LogP contribution in [-0.2, 0) is 9.59 Å². The quantitative estimate of drug-likeness (QED) is 0.686. The summed E-state index contributed by atoms with van der Waals surface area (Å²) in [5.41, 5.74) is 4.05. The fourth-order valence-electron chi connectivity index (χ4n) is 3.36. The van der Waals surface area contributed by atoms with E-state index in [2.05, 4.69) is 10.3 Å². The highest BCUT2D eigenvalue weighted by molar-refractivity contribution is 6.20. The molecule has 4 rings (SSSR count). The van der Waals surface area contributed by atoms with E-state index in [1.807, 2.05) is 84.9 Å². The largest absolute Gasteiger partial charge is 0.323 e. The van der Waals surface area contributed by atoms with Crippen molar-refractivity contribution in [1.82, 2.24) is 5.32 Å². The van der Waals surface area contributed by atoms with Crippen LogP contribution in [0, 0.1) is 0 Å². The maximum absolute atomic E-state index is 13.1. The van der Waals surface area contributed by atoms with Gasteiger partial charge in [0.25, 0.3) is 5.91 Å². The van der Waals surface area contributed by atoms with Crippen LogP contribution < -0.4 is 10.2 Å². The molecule has 2 amide bonds. The van der Waals surface area contributed by atoms with E-state index in [0.717, 1.165) is 22.4 Å². The molecule has 1 aliphatic rings. The molecule has 0 aromatic heterocycles. The summed E-state index contributed by atoms with van der Waals surface area (Å²) in [5, 5.41) is 2.74. The van der Waals surface area contributed by atoms with Gasteiger partial charge in [0, 0.05) is 24.3 Å². The molecular weight excluding hydrogens is 374 g/mol. The Labute approximate surface area is 175 Å². The first-order chi connectivity index (χ1) is 14.6. The summed E-state index contributed by atoms with van der Waals surface area (Å²) in [6.45, 7) is 0. The summed E-state index contributed by atoms with van der Waals surface area (Å²) in [6, 6.07) is 26.8. The minimum absolute atomic E-state index is 0.296. The highest BCUT2D eigenvalue weighted by Gasteiger charge is 2.30. The van der Waals surface area contributed by atoms with Crippen LogP contribution >= 0.6 is 0 Å². The molecule has 0 radical (unpaired) electrons. The van der Waals surface area contributed by atoms with Crippen LogP contribution in [0.2, 0.25) is 0 Å². The van der Waals surface area contributed by atoms with Gasteiger partial charge in [-0.05, 0) is 17.7 Å². The van der Waals surface area contributed by atoms with Crippen LogP contribution in [0.5, 0.6) is 0 Å². The second-order valence-corrected chi connectivity index (χ2v) is 6.91. The Morgan fingerprint density at radius 1 is 0.933 bits per heavy atom. The number of aliphatic imine (C=N–C) groups is 1. The van der Waals surface area contributed by atoms with Crippen molar-refractivity contribution in [2.45, 2.75) is 6.17 Å². The molecular formula is C25H21N3O2. The molecule has 0 saturated heterocycles. The normalized spacial score (nSPS) is 16.0. The van der Waals surface area contributed by atoms with Crippen molar-refractivity contribution in [3.63, 3.8) is 0 Å². The number of rotatable bonds is 4. The summed E-state index contributed by atoms with van der Waals surface area (Å²) >= 11 is 0. The highest BCUT2D eigenvalue weighted by Crippen LogP contribution is 2.27. The molecule has 0 aliphatic carbocycles. The molecule has 30 heavy (non-hydrogen) atoms. The summed E-state index contributed by atoms with van der Waals surface area (Å²) in [7, 11) is 1.70. The van der Waals surface area contributed by atoms with E-state index >= 15 is 0 Å². The number of nitrogens with zero attached hydrogens (tertiary/aromatic N) is 2. The van der Waals surface area contributed by atoms with Crippen LogP contribution in [0.3, 0.4) is 0 Å². The summed E-state index contributed by atoms with van der Waals surface area (Å²) in [4.78, 5) is 31.8. The zero-order chi connectivity index (χ0) is 20.9. The van der Waals surface area contributed by atoms with Crippen LogP contribution in [0.1, 0.15) is 16.7 Å². The van der Waals surface area contributed by atoms with Gasteiger partial charge in [0.1, 0.15) is 0 Å².